The third kappa shape index (κ3) is 6.31. The summed E-state index contributed by atoms with van der Waals surface area (Å²) in [4.78, 5) is 15.9. The predicted octanol–water partition coefficient (Wildman–Crippen LogP) is 6.16. The van der Waals surface area contributed by atoms with Crippen LogP contribution in [-0.4, -0.2) is 24.7 Å². The van der Waals surface area contributed by atoms with Gasteiger partial charge in [0.1, 0.15) is 5.75 Å². The number of methoxy groups -OCH3 is 1. The highest BCUT2D eigenvalue weighted by Gasteiger charge is 2.02. The van der Waals surface area contributed by atoms with Crippen molar-refractivity contribution in [2.24, 2.45) is 0 Å². The summed E-state index contributed by atoms with van der Waals surface area (Å²) in [6.45, 7) is 2.10. The van der Waals surface area contributed by atoms with Gasteiger partial charge in [0.05, 0.1) is 18.3 Å². The molecule has 0 spiro atoms. The maximum absolute atomic E-state index is 11.2. The van der Waals surface area contributed by atoms with Gasteiger partial charge < -0.3 is 9.47 Å². The molecule has 0 aliphatic carbocycles. The molecule has 0 fully saturated rings. The first kappa shape index (κ1) is 21.3. The van der Waals surface area contributed by atoms with Crippen molar-refractivity contribution in [2.75, 3.05) is 13.7 Å². The molecule has 0 saturated carbocycles. The summed E-state index contributed by atoms with van der Waals surface area (Å²) in [6.07, 6.45) is 11.9. The Bertz CT molecular complexity index is 1050. The van der Waals surface area contributed by atoms with E-state index in [-0.39, 0.29) is 6.61 Å². The molecule has 0 aliphatic heterocycles. The van der Waals surface area contributed by atoms with Gasteiger partial charge in [0.25, 0.3) is 0 Å². The Hall–Kier alpha value is -3.40. The van der Waals surface area contributed by atoms with Gasteiger partial charge in [-0.05, 0) is 54.0 Å². The van der Waals surface area contributed by atoms with Crippen LogP contribution in [0.25, 0.3) is 29.1 Å². The van der Waals surface area contributed by atoms with Crippen molar-refractivity contribution in [2.45, 2.75) is 26.2 Å². The second-order valence-corrected chi connectivity index (χ2v) is 7.00. The number of hydrogen-bond donors (Lipinski definition) is 0. The molecule has 0 bridgehead atoms. The third-order valence-electron chi connectivity index (χ3n) is 4.66. The van der Waals surface area contributed by atoms with Crippen LogP contribution in [0.4, 0.5) is 0 Å². The zero-order valence-electron chi connectivity index (χ0n) is 17.5. The monoisotopic (exact) mass is 401 g/mol. The summed E-state index contributed by atoms with van der Waals surface area (Å²) in [5, 5.41) is 1.13. The molecule has 4 heteroatoms. The molecule has 0 N–H and O–H groups in total. The Morgan fingerprint density at radius 1 is 1.00 bits per heavy atom. The summed E-state index contributed by atoms with van der Waals surface area (Å²) in [5.41, 5.74) is 4.02. The Kier molecular flexibility index (Phi) is 7.78. The number of nitrogens with zero attached hydrogens (tertiary/aromatic N) is 1. The van der Waals surface area contributed by atoms with Crippen LogP contribution in [0.5, 0.6) is 5.75 Å². The molecule has 0 radical (unpaired) electrons. The number of carbonyl (C=O) groups excluding carboxylic acids is 1. The highest BCUT2D eigenvalue weighted by Crippen LogP contribution is 2.19. The van der Waals surface area contributed by atoms with Crippen molar-refractivity contribution in [3.8, 4) is 5.75 Å². The zero-order valence-corrected chi connectivity index (χ0v) is 17.5. The molecule has 1 aromatic heterocycles. The first-order valence-electron chi connectivity index (χ1n) is 10.2. The summed E-state index contributed by atoms with van der Waals surface area (Å²) in [6, 6.07) is 18.0. The van der Waals surface area contributed by atoms with Gasteiger partial charge in [-0.25, -0.2) is 9.78 Å². The number of ether oxygens (including phenoxy) is 2. The lowest BCUT2D eigenvalue weighted by Gasteiger charge is -2.05. The number of esters is 1. The molecular weight excluding hydrogens is 374 g/mol. The lowest BCUT2D eigenvalue weighted by Crippen LogP contribution is -2.12. The fourth-order valence-corrected chi connectivity index (χ4v) is 2.99. The van der Waals surface area contributed by atoms with Gasteiger partial charge in [0.15, 0.2) is 6.61 Å². The summed E-state index contributed by atoms with van der Waals surface area (Å²) < 4.78 is 10.0. The van der Waals surface area contributed by atoms with Gasteiger partial charge in [0, 0.05) is 5.39 Å². The van der Waals surface area contributed by atoms with Crippen molar-refractivity contribution >= 4 is 35.1 Å². The van der Waals surface area contributed by atoms with Crippen molar-refractivity contribution in [3.05, 3.63) is 77.5 Å². The van der Waals surface area contributed by atoms with Crippen molar-refractivity contribution in [1.82, 2.24) is 4.98 Å². The van der Waals surface area contributed by atoms with E-state index in [0.717, 1.165) is 28.6 Å². The fourth-order valence-electron chi connectivity index (χ4n) is 2.99. The van der Waals surface area contributed by atoms with Gasteiger partial charge in [-0.2, -0.15) is 0 Å². The second kappa shape index (κ2) is 11.0. The predicted molar refractivity (Wildman–Crippen MR) is 123 cm³/mol. The molecule has 0 aliphatic rings. The first-order chi connectivity index (χ1) is 14.7. The Morgan fingerprint density at radius 3 is 2.70 bits per heavy atom. The highest BCUT2D eigenvalue weighted by atomic mass is 16.6. The topological polar surface area (TPSA) is 48.4 Å². The molecule has 0 unspecified atom stereocenters. The average Bonchev–Trinajstić information content (AvgIpc) is 2.79. The van der Waals surface area contributed by atoms with E-state index < -0.39 is 5.97 Å². The number of fused-ring (bicyclic) bond motifs is 1. The standard InChI is InChI=1S/C26H27NO3/c1-3-4-5-6-8-20-12-16-25-22(17-20)13-15-23(27-25)14-11-21-9-7-10-24(18-21)30-19-26(28)29-2/h6-18H,3-5,19H2,1-2H3/b8-6+,14-11+. The van der Waals surface area contributed by atoms with Crippen LogP contribution in [0.1, 0.15) is 43.0 Å². The van der Waals surface area contributed by atoms with Gasteiger partial charge >= 0.3 is 5.97 Å². The number of rotatable bonds is 9. The van der Waals surface area contributed by atoms with E-state index in [4.69, 9.17) is 9.72 Å². The van der Waals surface area contributed by atoms with Crippen molar-refractivity contribution in [3.63, 3.8) is 0 Å². The van der Waals surface area contributed by atoms with Gasteiger partial charge in [0.2, 0.25) is 0 Å². The van der Waals surface area contributed by atoms with Crippen LogP contribution in [0.2, 0.25) is 0 Å². The molecule has 30 heavy (non-hydrogen) atoms. The number of aromatic nitrogens is 1. The second-order valence-electron chi connectivity index (χ2n) is 7.00. The maximum atomic E-state index is 11.2. The minimum absolute atomic E-state index is 0.105. The Balaban J connectivity index is 1.69. The number of unbranched alkanes of at least 4 members (excludes halogenated alkanes) is 2. The lowest BCUT2D eigenvalue weighted by molar-refractivity contribution is -0.142. The number of hydrogen-bond acceptors (Lipinski definition) is 4. The smallest absolute Gasteiger partial charge is 0.343 e. The lowest BCUT2D eigenvalue weighted by atomic mass is 10.1. The van der Waals surface area contributed by atoms with Crippen LogP contribution < -0.4 is 4.74 Å². The highest BCUT2D eigenvalue weighted by molar-refractivity contribution is 5.83. The van der Waals surface area contributed by atoms with Gasteiger partial charge in [-0.1, -0.05) is 62.3 Å². The van der Waals surface area contributed by atoms with E-state index in [2.05, 4.69) is 48.1 Å². The van der Waals surface area contributed by atoms with Crippen LogP contribution in [-0.2, 0) is 9.53 Å². The molecule has 2 aromatic carbocycles. The molecule has 3 rings (SSSR count). The van der Waals surface area contributed by atoms with Crippen LogP contribution in [0.3, 0.4) is 0 Å². The summed E-state index contributed by atoms with van der Waals surface area (Å²) in [7, 11) is 1.34. The third-order valence-corrected chi connectivity index (χ3v) is 4.66. The van der Waals surface area contributed by atoms with Crippen LogP contribution in [0, 0.1) is 0 Å². The van der Waals surface area contributed by atoms with Crippen LogP contribution >= 0.6 is 0 Å². The first-order valence-corrected chi connectivity index (χ1v) is 10.2. The van der Waals surface area contributed by atoms with Gasteiger partial charge in [-0.15, -0.1) is 0 Å². The molecule has 0 amide bonds. The normalized spacial score (nSPS) is 11.4. The molecule has 4 nitrogen and oxygen atoms in total. The number of benzene rings is 2. The van der Waals surface area contributed by atoms with E-state index in [1.165, 1.54) is 25.5 Å². The van der Waals surface area contributed by atoms with E-state index in [0.29, 0.717) is 5.75 Å². The molecule has 154 valence electrons. The van der Waals surface area contributed by atoms with Crippen molar-refractivity contribution in [1.29, 1.82) is 0 Å². The summed E-state index contributed by atoms with van der Waals surface area (Å²) >= 11 is 0. The number of carbonyl (C=O) groups is 1. The number of pyridine rings is 1. The average molecular weight is 402 g/mol. The fraction of sp³-hybridized carbons (Fsp3) is 0.231. The zero-order chi connectivity index (χ0) is 21.2. The quantitative estimate of drug-likeness (QED) is 0.318. The molecule has 0 atom stereocenters. The molecule has 0 saturated heterocycles. The number of allylic oxidation sites excluding steroid dienone is 1. The van der Waals surface area contributed by atoms with E-state index in [1.807, 2.05) is 42.5 Å². The minimum atomic E-state index is -0.407. The minimum Gasteiger partial charge on any atom is -0.482 e. The van der Waals surface area contributed by atoms with E-state index >= 15 is 0 Å². The van der Waals surface area contributed by atoms with E-state index in [9.17, 15) is 4.79 Å². The Morgan fingerprint density at radius 2 is 1.87 bits per heavy atom. The maximum Gasteiger partial charge on any atom is 0.343 e. The molecule has 3 aromatic rings. The molecule has 1 heterocycles. The largest absolute Gasteiger partial charge is 0.482 e. The molecular formula is C26H27NO3. The Labute approximate surface area is 177 Å². The van der Waals surface area contributed by atoms with E-state index in [1.54, 1.807) is 0 Å². The summed E-state index contributed by atoms with van der Waals surface area (Å²) in [5.74, 6) is 0.212. The van der Waals surface area contributed by atoms with Crippen molar-refractivity contribution < 1.29 is 14.3 Å². The SMILES string of the molecule is CCCC/C=C/c1ccc2nc(/C=C/c3cccc(OCC(=O)OC)c3)ccc2c1. The van der Waals surface area contributed by atoms with Gasteiger partial charge in [-0.3, -0.25) is 0 Å². The van der Waals surface area contributed by atoms with Crippen LogP contribution in [0.15, 0.2) is 60.7 Å².